The summed E-state index contributed by atoms with van der Waals surface area (Å²) in [4.78, 5) is 15.5. The minimum absolute atomic E-state index is 0.00619. The number of ether oxygens (including phenoxy) is 6. The number of aliphatic carboxylic acids is 1. The summed E-state index contributed by atoms with van der Waals surface area (Å²) in [6.45, 7) is 16.5. The van der Waals surface area contributed by atoms with Crippen LogP contribution >= 0.6 is 0 Å². The summed E-state index contributed by atoms with van der Waals surface area (Å²) in [5.74, 6) is 2.56. The van der Waals surface area contributed by atoms with E-state index in [0.717, 1.165) is 79.6 Å². The van der Waals surface area contributed by atoms with Crippen LogP contribution in [0.3, 0.4) is 0 Å². The third-order valence-corrected chi connectivity index (χ3v) is 21.1. The molecule has 2 aromatic carbocycles. The summed E-state index contributed by atoms with van der Waals surface area (Å²) in [5.41, 5.74) is 2.03. The van der Waals surface area contributed by atoms with Crippen molar-refractivity contribution in [2.45, 2.75) is 419 Å². The molecule has 10 nitrogen and oxygen atoms in total. The lowest BCUT2D eigenvalue weighted by Crippen LogP contribution is -2.31. The lowest BCUT2D eigenvalue weighted by atomic mass is 10.1. The average molecular weight is 1480 g/mol. The number of hydrogen-bond donors (Lipinski definition) is 1. The predicted molar refractivity (Wildman–Crippen MR) is 456 cm³/mol. The van der Waals surface area contributed by atoms with Crippen molar-refractivity contribution >= 4 is 5.97 Å². The van der Waals surface area contributed by atoms with E-state index in [1.807, 2.05) is 30.1 Å². The minimum Gasteiger partial charge on any atom is -0.493 e. The van der Waals surface area contributed by atoms with E-state index in [1.54, 1.807) is 0 Å². The Morgan fingerprint density at radius 2 is 0.651 bits per heavy atom. The number of carboxylic acid groups (broad SMARTS) is 1. The van der Waals surface area contributed by atoms with Crippen LogP contribution in [0.25, 0.3) is 0 Å². The molecule has 0 spiro atoms. The van der Waals surface area contributed by atoms with Crippen molar-refractivity contribution in [1.29, 1.82) is 0 Å². The monoisotopic (exact) mass is 1480 g/mol. The third kappa shape index (κ3) is 59.7. The number of unbranched alkanes of at least 4 members (excludes halogenated alkanes) is 48. The fraction of sp³-hybridized carbons (Fsp3) is 0.781. The van der Waals surface area contributed by atoms with Gasteiger partial charge in [-0.25, -0.2) is 0 Å². The number of rotatable bonds is 75. The van der Waals surface area contributed by atoms with E-state index in [9.17, 15) is 9.90 Å². The highest BCUT2D eigenvalue weighted by Crippen LogP contribution is 2.34. The molecular formula is C96H168N2O8. The Hall–Kier alpha value is -4.09. The van der Waals surface area contributed by atoms with E-state index in [2.05, 4.69) is 99.4 Å². The Bertz CT molecular complexity index is 2240. The lowest BCUT2D eigenvalue weighted by Gasteiger charge is -2.19. The van der Waals surface area contributed by atoms with Crippen molar-refractivity contribution in [3.8, 4) is 23.0 Å². The first kappa shape index (κ1) is 96.1. The SMILES string of the molecule is CCCCCCCC/C=C\CCCCCCCCOc1cc(CN(C)CC(=O)O)cc(OCCCCCCCC/C=C\CCCCCCCC)c1.CCCCCCCC/C=C\CCCCCCCCOc1cc(OCCCCCCCC/C=C\CCCCCCCC)cc(C2OCC(CN3CCCC3)O2)c1. The molecule has 2 atom stereocenters. The highest BCUT2D eigenvalue weighted by Gasteiger charge is 2.30. The Balaban J connectivity index is 0.000000552. The summed E-state index contributed by atoms with van der Waals surface area (Å²) < 4.78 is 37.6. The van der Waals surface area contributed by atoms with Gasteiger partial charge in [0.25, 0.3) is 0 Å². The van der Waals surface area contributed by atoms with Crippen LogP contribution in [0.1, 0.15) is 418 Å². The first-order valence-corrected chi connectivity index (χ1v) is 45.6. The molecule has 106 heavy (non-hydrogen) atoms. The van der Waals surface area contributed by atoms with Crippen LogP contribution in [-0.4, -0.2) is 93.2 Å². The second-order valence-electron chi connectivity index (χ2n) is 31.7. The maximum atomic E-state index is 11.2. The molecule has 2 unspecified atom stereocenters. The molecule has 2 aliphatic rings. The number of carbonyl (C=O) groups is 1. The van der Waals surface area contributed by atoms with Gasteiger partial charge < -0.3 is 38.4 Å². The van der Waals surface area contributed by atoms with Crippen LogP contribution in [0, 0.1) is 0 Å². The first-order chi connectivity index (χ1) is 52.3. The van der Waals surface area contributed by atoms with Gasteiger partial charge in [-0.1, -0.05) is 307 Å². The normalized spacial score (nSPS) is 14.8. The summed E-state index contributed by atoms with van der Waals surface area (Å²) >= 11 is 0. The molecule has 0 radical (unpaired) electrons. The van der Waals surface area contributed by atoms with Gasteiger partial charge in [0.05, 0.1) is 45.7 Å². The number of carboxylic acids is 1. The van der Waals surface area contributed by atoms with E-state index in [-0.39, 0.29) is 18.9 Å². The zero-order valence-electron chi connectivity index (χ0n) is 70.0. The molecule has 0 bridgehead atoms. The van der Waals surface area contributed by atoms with E-state index in [1.165, 1.54) is 360 Å². The van der Waals surface area contributed by atoms with Gasteiger partial charge in [0.1, 0.15) is 23.0 Å². The molecule has 4 rings (SSSR count). The second kappa shape index (κ2) is 73.7. The van der Waals surface area contributed by atoms with Crippen molar-refractivity contribution in [2.75, 3.05) is 66.3 Å². The van der Waals surface area contributed by atoms with Crippen molar-refractivity contribution in [3.05, 3.63) is 96.1 Å². The molecule has 0 aliphatic carbocycles. The summed E-state index contributed by atoms with van der Waals surface area (Å²) in [6, 6.07) is 12.4. The van der Waals surface area contributed by atoms with Crippen molar-refractivity contribution in [3.63, 3.8) is 0 Å². The van der Waals surface area contributed by atoms with Gasteiger partial charge >= 0.3 is 5.97 Å². The van der Waals surface area contributed by atoms with Gasteiger partial charge in [-0.3, -0.25) is 9.69 Å². The van der Waals surface area contributed by atoms with Crippen LogP contribution in [0.4, 0.5) is 0 Å². The van der Waals surface area contributed by atoms with Gasteiger partial charge in [-0.05, 0) is 191 Å². The molecule has 0 saturated carbocycles. The maximum Gasteiger partial charge on any atom is 0.317 e. The molecule has 2 saturated heterocycles. The lowest BCUT2D eigenvalue weighted by molar-refractivity contribution is -0.138. The smallest absolute Gasteiger partial charge is 0.317 e. The fourth-order valence-electron chi connectivity index (χ4n) is 14.5. The van der Waals surface area contributed by atoms with E-state index < -0.39 is 5.97 Å². The quantitative estimate of drug-likeness (QED) is 0.0509. The molecule has 2 aliphatic heterocycles. The molecule has 2 aromatic rings. The van der Waals surface area contributed by atoms with Crippen molar-refractivity contribution in [2.24, 2.45) is 0 Å². The molecule has 0 amide bonds. The number of hydrogen-bond acceptors (Lipinski definition) is 9. The van der Waals surface area contributed by atoms with Crippen LogP contribution < -0.4 is 18.9 Å². The standard InChI is InChI=1S/C50H87NO4.C46H81NO4/c1-3-5-7-9-11-13-15-17-19-21-23-25-27-29-31-35-39-52-47-41-46(50-54-45-49(55-50)44-51-37-33-34-38-51)42-48(43-47)53-40-36-32-30-28-26-24-22-20-18-16-14-12-10-8-6-4-2;1-4-6-8-10-12-14-16-18-20-22-24-26-28-30-32-34-36-50-44-38-43(41-47(3)42-46(48)49)39-45(40-44)51-37-35-33-31-29-27-25-23-21-19-17-15-13-11-9-7-5-2/h17-20,41-43,49-50H,3-16,21-40,44-45H2,1-2H3;18-21,38-40H,4-17,22-37,41-42H2,1-3H3,(H,48,49)/b19-17-,20-18-;20-18-,21-19-. The third-order valence-electron chi connectivity index (χ3n) is 21.1. The largest absolute Gasteiger partial charge is 0.493 e. The number of nitrogens with zero attached hydrogens (tertiary/aromatic N) is 2. The number of benzene rings is 2. The first-order valence-electron chi connectivity index (χ1n) is 45.6. The predicted octanol–water partition coefficient (Wildman–Crippen LogP) is 29.1. The molecule has 0 aromatic heterocycles. The fourth-order valence-corrected chi connectivity index (χ4v) is 14.5. The number of likely N-dealkylation sites (N-methyl/N-ethyl adjacent to an activating group) is 1. The Labute approximate surface area is 655 Å². The summed E-state index contributed by atoms with van der Waals surface area (Å²) in [7, 11) is 1.84. The highest BCUT2D eigenvalue weighted by molar-refractivity contribution is 5.69. The van der Waals surface area contributed by atoms with Gasteiger partial charge in [-0.2, -0.15) is 0 Å². The molecular weight excluding hydrogens is 1310 g/mol. The Morgan fingerprint density at radius 3 is 0.934 bits per heavy atom. The van der Waals surface area contributed by atoms with Crippen LogP contribution in [-0.2, 0) is 20.8 Å². The second-order valence-corrected chi connectivity index (χ2v) is 31.7. The van der Waals surface area contributed by atoms with Gasteiger partial charge in [0.2, 0.25) is 0 Å². The van der Waals surface area contributed by atoms with E-state index >= 15 is 0 Å². The van der Waals surface area contributed by atoms with E-state index in [4.69, 9.17) is 28.4 Å². The van der Waals surface area contributed by atoms with E-state index in [0.29, 0.717) is 26.4 Å². The van der Waals surface area contributed by atoms with Crippen molar-refractivity contribution < 1.29 is 38.3 Å². The van der Waals surface area contributed by atoms with Gasteiger partial charge in [0.15, 0.2) is 6.29 Å². The summed E-state index contributed by atoms with van der Waals surface area (Å²) in [6.07, 6.45) is 94.7. The van der Waals surface area contributed by atoms with Gasteiger partial charge in [-0.15, -0.1) is 0 Å². The van der Waals surface area contributed by atoms with Crippen LogP contribution in [0.2, 0.25) is 0 Å². The zero-order valence-corrected chi connectivity index (χ0v) is 70.0. The van der Waals surface area contributed by atoms with Crippen molar-refractivity contribution in [1.82, 2.24) is 9.80 Å². The average Bonchev–Trinajstić information content (AvgIpc) is 1.60. The molecule has 10 heteroatoms. The minimum atomic E-state index is -0.818. The van der Waals surface area contributed by atoms with Crippen LogP contribution in [0.5, 0.6) is 23.0 Å². The Kier molecular flexibility index (Phi) is 66.8. The molecule has 2 heterocycles. The van der Waals surface area contributed by atoms with Gasteiger partial charge in [0, 0.05) is 30.8 Å². The maximum absolute atomic E-state index is 11.2. The van der Waals surface area contributed by atoms with Crippen LogP contribution in [0.15, 0.2) is 85.0 Å². The highest BCUT2D eigenvalue weighted by atomic mass is 16.7. The number of allylic oxidation sites excluding steroid dienone is 8. The molecule has 610 valence electrons. The molecule has 1 N–H and O–H groups in total. The topological polar surface area (TPSA) is 99.2 Å². The zero-order chi connectivity index (χ0) is 75.6. The Morgan fingerprint density at radius 1 is 0.387 bits per heavy atom. The summed E-state index contributed by atoms with van der Waals surface area (Å²) in [5, 5.41) is 9.20. The number of likely N-dealkylation sites (tertiary alicyclic amines) is 1. The molecule has 2 fully saturated rings.